The molecule has 11 nitrogen and oxygen atoms in total. The molecule has 282 valence electrons. The molecule has 0 saturated carbocycles. The predicted octanol–water partition coefficient (Wildman–Crippen LogP) is 8.04. The largest absolute Gasteiger partial charge is 0.472 e. The van der Waals surface area contributed by atoms with Gasteiger partial charge >= 0.3 is 19.8 Å². The fraction of sp³-hybridized carbons (Fsp3) is 0.889. The first-order chi connectivity index (χ1) is 22.9. The van der Waals surface area contributed by atoms with Gasteiger partial charge in [-0.3, -0.25) is 23.4 Å². The number of rotatable bonds is 35. The number of phosphoric ester groups is 1. The zero-order valence-corrected chi connectivity index (χ0v) is 31.7. The van der Waals surface area contributed by atoms with Gasteiger partial charge < -0.3 is 23.6 Å². The first-order valence-electron chi connectivity index (χ1n) is 18.6. The van der Waals surface area contributed by atoms with Gasteiger partial charge in [-0.25, -0.2) is 4.57 Å². The van der Waals surface area contributed by atoms with Gasteiger partial charge in [0.2, 0.25) is 0 Å². The van der Waals surface area contributed by atoms with Crippen molar-refractivity contribution in [2.45, 2.75) is 161 Å². The number of ketones is 1. The molecule has 0 saturated heterocycles. The molecule has 0 spiro atoms. The SMILES string of the molecule is CCCCCCCCCCCCCCCC(=O)OC[C@H](COP(=O)(O)OCC[N+](C)(C)C)OC(=O)CCCCCCCC(=O)CCC=O. The van der Waals surface area contributed by atoms with Crippen LogP contribution in [0.5, 0.6) is 0 Å². The minimum absolute atomic E-state index is 0.00273. The van der Waals surface area contributed by atoms with E-state index in [1.807, 2.05) is 21.1 Å². The Hall–Kier alpha value is -1.65. The maximum Gasteiger partial charge on any atom is 0.472 e. The van der Waals surface area contributed by atoms with Crippen LogP contribution in [0.2, 0.25) is 0 Å². The van der Waals surface area contributed by atoms with Crippen LogP contribution in [-0.2, 0) is 42.3 Å². The Kier molecular flexibility index (Phi) is 29.2. The topological polar surface area (TPSA) is 142 Å². The van der Waals surface area contributed by atoms with Gasteiger partial charge in [0.1, 0.15) is 31.8 Å². The van der Waals surface area contributed by atoms with Crippen molar-refractivity contribution in [1.29, 1.82) is 0 Å². The van der Waals surface area contributed by atoms with E-state index in [1.165, 1.54) is 64.2 Å². The van der Waals surface area contributed by atoms with Crippen molar-refractivity contribution in [3.8, 4) is 0 Å². The zero-order chi connectivity index (χ0) is 35.9. The molecule has 0 aliphatic heterocycles. The molecule has 0 aromatic heterocycles. The van der Waals surface area contributed by atoms with Gasteiger partial charge in [0.25, 0.3) is 0 Å². The Labute approximate surface area is 291 Å². The lowest BCUT2D eigenvalue weighted by atomic mass is 10.0. The summed E-state index contributed by atoms with van der Waals surface area (Å²) >= 11 is 0. The van der Waals surface area contributed by atoms with Crippen LogP contribution in [0.25, 0.3) is 0 Å². The van der Waals surface area contributed by atoms with Gasteiger partial charge in [0.05, 0.1) is 27.7 Å². The van der Waals surface area contributed by atoms with Crippen LogP contribution in [0.3, 0.4) is 0 Å². The number of nitrogens with zero attached hydrogens (tertiary/aromatic N) is 1. The maximum absolute atomic E-state index is 12.5. The number of hydrogen-bond acceptors (Lipinski definition) is 9. The normalized spacial score (nSPS) is 13.5. The number of carbonyl (C=O) groups excluding carboxylic acids is 4. The summed E-state index contributed by atoms with van der Waals surface area (Å²) in [6.45, 7) is 2.00. The van der Waals surface area contributed by atoms with E-state index in [-0.39, 0.29) is 38.3 Å². The predicted molar refractivity (Wildman–Crippen MR) is 188 cm³/mol. The van der Waals surface area contributed by atoms with Gasteiger partial charge in [0.15, 0.2) is 6.10 Å². The highest BCUT2D eigenvalue weighted by Gasteiger charge is 2.27. The van der Waals surface area contributed by atoms with Crippen molar-refractivity contribution in [2.24, 2.45) is 0 Å². The Bertz CT molecular complexity index is 892. The second-order valence-corrected chi connectivity index (χ2v) is 15.4. The lowest BCUT2D eigenvalue weighted by Gasteiger charge is -2.24. The molecule has 2 atom stereocenters. The molecular weight excluding hydrogens is 637 g/mol. The number of carbonyl (C=O) groups is 4. The molecule has 0 radical (unpaired) electrons. The number of unbranched alkanes of at least 4 members (excludes halogenated alkanes) is 16. The number of likely N-dealkylation sites (N-methyl/N-ethyl adjacent to an activating group) is 1. The van der Waals surface area contributed by atoms with E-state index >= 15 is 0 Å². The average molecular weight is 707 g/mol. The van der Waals surface area contributed by atoms with Gasteiger partial charge in [-0.15, -0.1) is 0 Å². The number of esters is 2. The first kappa shape index (κ1) is 46.4. The van der Waals surface area contributed by atoms with Gasteiger partial charge in [-0.2, -0.15) is 0 Å². The summed E-state index contributed by atoms with van der Waals surface area (Å²) < 4.78 is 33.9. The molecule has 0 aliphatic rings. The number of hydrogen-bond donors (Lipinski definition) is 1. The first-order valence-corrected chi connectivity index (χ1v) is 20.1. The number of ether oxygens (including phenoxy) is 2. The molecule has 1 N–H and O–H groups in total. The molecule has 0 aromatic carbocycles. The third-order valence-corrected chi connectivity index (χ3v) is 9.01. The molecule has 0 rings (SSSR count). The Morgan fingerprint density at radius 1 is 0.667 bits per heavy atom. The zero-order valence-electron chi connectivity index (χ0n) is 30.8. The fourth-order valence-corrected chi connectivity index (χ4v) is 5.76. The third kappa shape index (κ3) is 32.9. The summed E-state index contributed by atoms with van der Waals surface area (Å²) in [5.41, 5.74) is 0. The summed E-state index contributed by atoms with van der Waals surface area (Å²) in [5, 5.41) is 0. The molecular formula is C36H69NO10P+. The molecule has 1 unspecified atom stereocenters. The Balaban J connectivity index is 4.45. The van der Waals surface area contributed by atoms with Crippen molar-refractivity contribution in [3.05, 3.63) is 0 Å². The van der Waals surface area contributed by atoms with E-state index in [2.05, 4.69) is 6.92 Å². The van der Waals surface area contributed by atoms with Crippen LogP contribution < -0.4 is 0 Å². The van der Waals surface area contributed by atoms with Crippen LogP contribution in [0.15, 0.2) is 0 Å². The number of quaternary nitrogens is 1. The monoisotopic (exact) mass is 706 g/mol. The van der Waals surface area contributed by atoms with E-state index in [1.54, 1.807) is 0 Å². The highest BCUT2D eigenvalue weighted by molar-refractivity contribution is 7.47. The molecule has 12 heteroatoms. The highest BCUT2D eigenvalue weighted by atomic mass is 31.2. The molecule has 0 bridgehead atoms. The van der Waals surface area contributed by atoms with Crippen LogP contribution in [0.4, 0.5) is 0 Å². The van der Waals surface area contributed by atoms with Gasteiger partial charge in [-0.05, 0) is 19.3 Å². The fourth-order valence-electron chi connectivity index (χ4n) is 5.02. The third-order valence-electron chi connectivity index (χ3n) is 8.03. The van der Waals surface area contributed by atoms with Crippen molar-refractivity contribution in [3.63, 3.8) is 0 Å². The average Bonchev–Trinajstić information content (AvgIpc) is 3.02. The smallest absolute Gasteiger partial charge is 0.462 e. The Morgan fingerprint density at radius 3 is 1.65 bits per heavy atom. The standard InChI is InChI=1S/C36H68NO10P/c1-5-6-7-8-9-10-11-12-13-14-15-18-21-26-35(40)44-31-34(32-46-48(42,43)45-30-28-37(2,3)4)47-36(41)27-22-19-16-17-20-24-33(39)25-23-29-38/h29,34H,5-28,30-32H2,1-4H3/p+1/t34-/m1/s1. The van der Waals surface area contributed by atoms with Gasteiger partial charge in [-0.1, -0.05) is 103 Å². The molecule has 48 heavy (non-hydrogen) atoms. The number of aldehydes is 1. The second-order valence-electron chi connectivity index (χ2n) is 13.9. The lowest BCUT2D eigenvalue weighted by molar-refractivity contribution is -0.870. The summed E-state index contributed by atoms with van der Waals surface area (Å²) in [6.07, 6.45) is 20.7. The number of Topliss-reactive ketones (excluding diaryl/α,β-unsaturated/α-hetero) is 1. The van der Waals surface area contributed by atoms with Crippen molar-refractivity contribution in [2.75, 3.05) is 47.5 Å². The van der Waals surface area contributed by atoms with E-state index in [0.29, 0.717) is 30.3 Å². The second kappa shape index (κ2) is 30.2. The van der Waals surface area contributed by atoms with Gasteiger partial charge in [0, 0.05) is 32.1 Å². The summed E-state index contributed by atoms with van der Waals surface area (Å²) in [4.78, 5) is 57.0. The van der Waals surface area contributed by atoms with Crippen molar-refractivity contribution >= 4 is 31.8 Å². The lowest BCUT2D eigenvalue weighted by Crippen LogP contribution is -2.37. The van der Waals surface area contributed by atoms with Crippen LogP contribution in [-0.4, -0.2) is 87.0 Å². The maximum atomic E-state index is 12.5. The Morgan fingerprint density at radius 2 is 1.15 bits per heavy atom. The minimum Gasteiger partial charge on any atom is -0.462 e. The van der Waals surface area contributed by atoms with Crippen molar-refractivity contribution < 1.29 is 51.6 Å². The molecule has 0 aliphatic carbocycles. The summed E-state index contributed by atoms with van der Waals surface area (Å²) in [6, 6.07) is 0. The number of phosphoric acid groups is 1. The molecule has 0 fully saturated rings. The molecule has 0 aromatic rings. The molecule has 0 heterocycles. The van der Waals surface area contributed by atoms with E-state index in [9.17, 15) is 28.6 Å². The van der Waals surface area contributed by atoms with E-state index in [0.717, 1.165) is 51.2 Å². The van der Waals surface area contributed by atoms with Crippen LogP contribution in [0.1, 0.15) is 155 Å². The summed E-state index contributed by atoms with van der Waals surface area (Å²) in [7, 11) is 1.37. The minimum atomic E-state index is -4.40. The van der Waals surface area contributed by atoms with Crippen molar-refractivity contribution in [1.82, 2.24) is 0 Å². The van der Waals surface area contributed by atoms with E-state index < -0.39 is 32.5 Å². The van der Waals surface area contributed by atoms with E-state index in [4.69, 9.17) is 18.5 Å². The molecule has 0 amide bonds. The summed E-state index contributed by atoms with van der Waals surface area (Å²) in [5.74, 6) is -0.829. The quantitative estimate of drug-likeness (QED) is 0.0226. The van der Waals surface area contributed by atoms with Crippen LogP contribution >= 0.6 is 7.82 Å². The van der Waals surface area contributed by atoms with Crippen LogP contribution in [0, 0.1) is 0 Å². The highest BCUT2D eigenvalue weighted by Crippen LogP contribution is 2.43.